The van der Waals surface area contributed by atoms with E-state index >= 15 is 0 Å². The van der Waals surface area contributed by atoms with E-state index in [2.05, 4.69) is 21.8 Å². The van der Waals surface area contributed by atoms with Crippen LogP contribution in [0.4, 0.5) is 0 Å². The summed E-state index contributed by atoms with van der Waals surface area (Å²) in [6, 6.07) is 15.8. The number of nitrogens with one attached hydrogen (secondary N) is 1. The third kappa shape index (κ3) is 6.13. The molecular formula is C25H33N3O4S. The normalized spacial score (nSPS) is 19.5. The van der Waals surface area contributed by atoms with Gasteiger partial charge in [0, 0.05) is 20.1 Å². The minimum Gasteiger partial charge on any atom is -0.480 e. The van der Waals surface area contributed by atoms with Gasteiger partial charge in [0.2, 0.25) is 10.0 Å². The number of carbonyl (C=O) groups is 1. The molecule has 1 fully saturated rings. The van der Waals surface area contributed by atoms with E-state index in [4.69, 9.17) is 4.74 Å². The molecule has 2 aliphatic rings. The van der Waals surface area contributed by atoms with E-state index in [-0.39, 0.29) is 18.5 Å². The van der Waals surface area contributed by atoms with Crippen molar-refractivity contribution in [1.29, 1.82) is 0 Å². The number of fused-ring (bicyclic) bond motifs is 1. The summed E-state index contributed by atoms with van der Waals surface area (Å²) in [7, 11) is -1.36. The van der Waals surface area contributed by atoms with Gasteiger partial charge in [-0.05, 0) is 61.5 Å². The number of hydrogen-bond donors (Lipinski definition) is 1. The lowest BCUT2D eigenvalue weighted by molar-refractivity contribution is -0.140. The molecule has 0 unspecified atom stereocenters. The number of sulfonamides is 1. The van der Waals surface area contributed by atoms with Crippen molar-refractivity contribution in [3.05, 3.63) is 65.2 Å². The van der Waals surface area contributed by atoms with Crippen LogP contribution in [0, 0.1) is 0 Å². The minimum absolute atomic E-state index is 0.00322. The molecule has 2 aromatic rings. The van der Waals surface area contributed by atoms with Crippen molar-refractivity contribution >= 4 is 15.9 Å². The average molecular weight is 472 g/mol. The molecule has 0 saturated carbocycles. The zero-order chi connectivity index (χ0) is 23.4. The molecule has 2 atom stereocenters. The monoisotopic (exact) mass is 471 g/mol. The number of benzene rings is 2. The molecule has 4 rings (SSSR count). The van der Waals surface area contributed by atoms with Crippen molar-refractivity contribution in [3.8, 4) is 5.75 Å². The highest BCUT2D eigenvalue weighted by molar-refractivity contribution is 7.88. The first-order chi connectivity index (χ1) is 15.8. The van der Waals surface area contributed by atoms with Crippen molar-refractivity contribution < 1.29 is 17.9 Å². The average Bonchev–Trinajstić information content (AvgIpc) is 3.33. The molecule has 0 aliphatic carbocycles. The second kappa shape index (κ2) is 10.2. The number of carbonyl (C=O) groups excluding carboxylic acids is 1. The Hall–Kier alpha value is -2.42. The third-order valence-electron chi connectivity index (χ3n) is 6.51. The van der Waals surface area contributed by atoms with Crippen LogP contribution in [0.25, 0.3) is 0 Å². The predicted molar refractivity (Wildman–Crippen MR) is 128 cm³/mol. The topological polar surface area (TPSA) is 79.0 Å². The van der Waals surface area contributed by atoms with Crippen LogP contribution in [0.2, 0.25) is 0 Å². The van der Waals surface area contributed by atoms with Gasteiger partial charge in [0.05, 0.1) is 12.3 Å². The summed E-state index contributed by atoms with van der Waals surface area (Å²) in [5, 5.41) is 0. The lowest BCUT2D eigenvalue weighted by Gasteiger charge is -2.35. The highest BCUT2D eigenvalue weighted by atomic mass is 32.2. The highest BCUT2D eigenvalue weighted by Gasteiger charge is 2.33. The molecule has 1 saturated heterocycles. The molecule has 178 valence electrons. The van der Waals surface area contributed by atoms with Crippen molar-refractivity contribution in [2.45, 2.75) is 44.4 Å². The summed E-state index contributed by atoms with van der Waals surface area (Å²) in [5.41, 5.74) is 3.02. The molecule has 7 nitrogen and oxygen atoms in total. The Morgan fingerprint density at radius 2 is 1.91 bits per heavy atom. The minimum atomic E-state index is -3.25. The Morgan fingerprint density at radius 3 is 2.61 bits per heavy atom. The van der Waals surface area contributed by atoms with Crippen LogP contribution in [-0.4, -0.2) is 63.2 Å². The summed E-state index contributed by atoms with van der Waals surface area (Å²) in [4.78, 5) is 17.8. The SMILES string of the molecule is CN(C(=O)[C@@H]1CCc2cc(CNS(C)(=O)=O)ccc2O1)[C@H](CN1CCCC1)c1ccccc1. The molecule has 0 bridgehead atoms. The predicted octanol–water partition coefficient (Wildman–Crippen LogP) is 2.72. The summed E-state index contributed by atoms with van der Waals surface area (Å²) in [6.45, 7) is 3.23. The van der Waals surface area contributed by atoms with E-state index in [1.54, 1.807) is 0 Å². The second-order valence-corrected chi connectivity index (χ2v) is 10.9. The summed E-state index contributed by atoms with van der Waals surface area (Å²) < 4.78 is 31.4. The van der Waals surface area contributed by atoms with Crippen LogP contribution in [-0.2, 0) is 27.8 Å². The third-order valence-corrected chi connectivity index (χ3v) is 7.18. The quantitative estimate of drug-likeness (QED) is 0.641. The Labute approximate surface area is 196 Å². The molecular weight excluding hydrogens is 438 g/mol. The van der Waals surface area contributed by atoms with Gasteiger partial charge >= 0.3 is 0 Å². The molecule has 2 heterocycles. The van der Waals surface area contributed by atoms with Crippen molar-refractivity contribution in [2.75, 3.05) is 32.9 Å². The van der Waals surface area contributed by atoms with E-state index < -0.39 is 16.1 Å². The summed E-state index contributed by atoms with van der Waals surface area (Å²) in [5.74, 6) is 0.698. The second-order valence-electron chi connectivity index (χ2n) is 9.06. The fourth-order valence-electron chi connectivity index (χ4n) is 4.66. The van der Waals surface area contributed by atoms with Crippen LogP contribution in [0.15, 0.2) is 48.5 Å². The maximum absolute atomic E-state index is 13.5. The van der Waals surface area contributed by atoms with Crippen LogP contribution in [0.1, 0.15) is 42.0 Å². The van der Waals surface area contributed by atoms with E-state index in [0.717, 1.165) is 42.6 Å². The fourth-order valence-corrected chi connectivity index (χ4v) is 5.09. The first kappa shape index (κ1) is 23.7. The van der Waals surface area contributed by atoms with Gasteiger partial charge in [0.15, 0.2) is 6.10 Å². The lowest BCUT2D eigenvalue weighted by atomic mass is 9.98. The Morgan fingerprint density at radius 1 is 1.18 bits per heavy atom. The fraction of sp³-hybridized carbons (Fsp3) is 0.480. The summed E-state index contributed by atoms with van der Waals surface area (Å²) >= 11 is 0. The number of amides is 1. The zero-order valence-corrected chi connectivity index (χ0v) is 20.2. The van der Waals surface area contributed by atoms with Crippen LogP contribution >= 0.6 is 0 Å². The molecule has 33 heavy (non-hydrogen) atoms. The maximum Gasteiger partial charge on any atom is 0.263 e. The van der Waals surface area contributed by atoms with Gasteiger partial charge in [-0.15, -0.1) is 0 Å². The molecule has 1 amide bonds. The molecule has 0 aromatic heterocycles. The van der Waals surface area contributed by atoms with Crippen molar-refractivity contribution in [3.63, 3.8) is 0 Å². The zero-order valence-electron chi connectivity index (χ0n) is 19.4. The van der Waals surface area contributed by atoms with Gasteiger partial charge in [-0.2, -0.15) is 0 Å². The van der Waals surface area contributed by atoms with Gasteiger partial charge in [-0.1, -0.05) is 42.5 Å². The lowest BCUT2D eigenvalue weighted by Crippen LogP contribution is -2.46. The van der Waals surface area contributed by atoms with Crippen molar-refractivity contribution in [2.24, 2.45) is 0 Å². The molecule has 2 aromatic carbocycles. The van der Waals surface area contributed by atoms with Gasteiger partial charge < -0.3 is 14.5 Å². The number of rotatable bonds is 8. The molecule has 1 N–H and O–H groups in total. The van der Waals surface area contributed by atoms with E-state index in [1.807, 2.05) is 48.3 Å². The molecule has 0 spiro atoms. The van der Waals surface area contributed by atoms with E-state index in [9.17, 15) is 13.2 Å². The Bertz CT molecular complexity index is 1070. The van der Waals surface area contributed by atoms with E-state index in [0.29, 0.717) is 18.6 Å². The molecule has 0 radical (unpaired) electrons. The van der Waals surface area contributed by atoms with Crippen LogP contribution in [0.3, 0.4) is 0 Å². The molecule has 8 heteroatoms. The van der Waals surface area contributed by atoms with Gasteiger partial charge in [0.1, 0.15) is 5.75 Å². The smallest absolute Gasteiger partial charge is 0.263 e. The summed E-state index contributed by atoms with van der Waals surface area (Å²) in [6.07, 6.45) is 4.37. The Kier molecular flexibility index (Phi) is 7.36. The largest absolute Gasteiger partial charge is 0.480 e. The number of likely N-dealkylation sites (tertiary alicyclic amines) is 1. The van der Waals surface area contributed by atoms with Crippen LogP contribution < -0.4 is 9.46 Å². The van der Waals surface area contributed by atoms with Crippen molar-refractivity contribution in [1.82, 2.24) is 14.5 Å². The Balaban J connectivity index is 1.45. The first-order valence-corrected chi connectivity index (χ1v) is 13.5. The van der Waals surface area contributed by atoms with Gasteiger partial charge in [-0.3, -0.25) is 4.79 Å². The standard InChI is InChI=1S/C25H33N3O4S/c1-27(22(18-28-14-6-7-15-28)20-8-4-3-5-9-20)25(29)24-13-11-21-16-19(10-12-23(21)32-24)17-26-33(2,30)31/h3-5,8-10,12,16,22,24,26H,6-7,11,13-15,17-18H2,1-2H3/t22-,24+/m1/s1. The van der Waals surface area contributed by atoms with Gasteiger partial charge in [-0.25, -0.2) is 13.1 Å². The van der Waals surface area contributed by atoms with Gasteiger partial charge in [0.25, 0.3) is 5.91 Å². The van der Waals surface area contributed by atoms with E-state index in [1.165, 1.54) is 12.8 Å². The maximum atomic E-state index is 13.5. The first-order valence-electron chi connectivity index (χ1n) is 11.6. The number of aryl methyl sites for hydroxylation is 1. The number of likely N-dealkylation sites (N-methyl/N-ethyl adjacent to an activating group) is 1. The highest BCUT2D eigenvalue weighted by Crippen LogP contribution is 2.31. The molecule has 2 aliphatic heterocycles. The number of hydrogen-bond acceptors (Lipinski definition) is 5. The van der Waals surface area contributed by atoms with Crippen LogP contribution in [0.5, 0.6) is 5.75 Å². The number of nitrogens with zero attached hydrogens (tertiary/aromatic N) is 2. The number of ether oxygens (including phenoxy) is 1.